The third kappa shape index (κ3) is 2.97. The highest BCUT2D eigenvalue weighted by molar-refractivity contribution is 6.29. The smallest absolute Gasteiger partial charge is 0.274 e. The maximum atomic E-state index is 12.2. The van der Waals surface area contributed by atoms with Gasteiger partial charge in [0.25, 0.3) is 5.91 Å². The summed E-state index contributed by atoms with van der Waals surface area (Å²) in [5, 5.41) is 0.300. The first-order valence-corrected chi connectivity index (χ1v) is 6.39. The zero-order chi connectivity index (χ0) is 13.1. The van der Waals surface area contributed by atoms with Crippen LogP contribution in [-0.4, -0.2) is 58.9 Å². The van der Waals surface area contributed by atoms with Gasteiger partial charge in [0.2, 0.25) is 0 Å². The molecule has 98 valence electrons. The fourth-order valence-electron chi connectivity index (χ4n) is 2.15. The summed E-state index contributed by atoms with van der Waals surface area (Å²) in [4.78, 5) is 24.1. The largest absolute Gasteiger partial charge is 0.337 e. The number of halogens is 1. The summed E-state index contributed by atoms with van der Waals surface area (Å²) in [6.07, 6.45) is 4.83. The van der Waals surface area contributed by atoms with Crippen LogP contribution in [0, 0.1) is 0 Å². The number of nitrogens with zero attached hydrogens (tertiary/aromatic N) is 4. The van der Waals surface area contributed by atoms with E-state index in [0.29, 0.717) is 10.8 Å². The van der Waals surface area contributed by atoms with E-state index in [1.807, 2.05) is 7.05 Å². The third-order valence-corrected chi connectivity index (χ3v) is 3.59. The lowest BCUT2D eigenvalue weighted by atomic mass is 10.0. The predicted molar refractivity (Wildman–Crippen MR) is 69.7 cm³/mol. The molecule has 0 atom stereocenters. The molecule has 1 aliphatic heterocycles. The molecule has 1 fully saturated rings. The Morgan fingerprint density at radius 2 is 2.06 bits per heavy atom. The molecular formula is C12H17ClN4O. The zero-order valence-corrected chi connectivity index (χ0v) is 11.4. The Labute approximate surface area is 112 Å². The Balaban J connectivity index is 2.02. The summed E-state index contributed by atoms with van der Waals surface area (Å²) in [6, 6.07) is 0.283. The number of hydrogen-bond donors (Lipinski definition) is 0. The lowest BCUT2D eigenvalue weighted by molar-refractivity contribution is 0.0653. The first kappa shape index (κ1) is 13.2. The first-order chi connectivity index (χ1) is 8.58. The van der Waals surface area contributed by atoms with Gasteiger partial charge in [0.05, 0.1) is 12.4 Å². The minimum atomic E-state index is -0.0891. The van der Waals surface area contributed by atoms with E-state index in [-0.39, 0.29) is 11.9 Å². The monoisotopic (exact) mass is 268 g/mol. The van der Waals surface area contributed by atoms with Crippen molar-refractivity contribution in [1.82, 2.24) is 19.8 Å². The predicted octanol–water partition coefficient (Wildman–Crippen LogP) is 1.30. The molecule has 0 bridgehead atoms. The second-order valence-corrected chi connectivity index (χ2v) is 5.06. The molecule has 0 unspecified atom stereocenters. The average molecular weight is 269 g/mol. The summed E-state index contributed by atoms with van der Waals surface area (Å²) in [5.74, 6) is -0.0891. The Hall–Kier alpha value is -1.20. The molecule has 0 radical (unpaired) electrons. The molecule has 1 saturated heterocycles. The topological polar surface area (TPSA) is 49.3 Å². The van der Waals surface area contributed by atoms with Crippen molar-refractivity contribution in [1.29, 1.82) is 0 Å². The second kappa shape index (κ2) is 5.63. The summed E-state index contributed by atoms with van der Waals surface area (Å²) < 4.78 is 0. The van der Waals surface area contributed by atoms with Crippen molar-refractivity contribution >= 4 is 17.5 Å². The van der Waals surface area contributed by atoms with Crippen molar-refractivity contribution in [2.45, 2.75) is 18.9 Å². The molecule has 18 heavy (non-hydrogen) atoms. The van der Waals surface area contributed by atoms with Crippen LogP contribution in [0.5, 0.6) is 0 Å². The number of hydrogen-bond acceptors (Lipinski definition) is 4. The molecule has 5 nitrogen and oxygen atoms in total. The van der Waals surface area contributed by atoms with Gasteiger partial charge in [0.15, 0.2) is 0 Å². The summed E-state index contributed by atoms with van der Waals surface area (Å²) in [7, 11) is 3.93. The van der Waals surface area contributed by atoms with Crippen molar-refractivity contribution in [2.75, 3.05) is 27.2 Å². The molecule has 1 aromatic heterocycles. The molecule has 1 amide bonds. The van der Waals surface area contributed by atoms with E-state index in [1.165, 1.54) is 12.4 Å². The highest BCUT2D eigenvalue weighted by Gasteiger charge is 2.25. The molecule has 0 saturated carbocycles. The van der Waals surface area contributed by atoms with Crippen molar-refractivity contribution in [3.05, 3.63) is 23.2 Å². The van der Waals surface area contributed by atoms with E-state index < -0.39 is 0 Å². The second-order valence-electron chi connectivity index (χ2n) is 4.67. The van der Waals surface area contributed by atoms with Crippen LogP contribution in [0.3, 0.4) is 0 Å². The minimum absolute atomic E-state index is 0.0891. The SMILES string of the molecule is CN1CCC(N(C)C(=O)c2cnc(Cl)cn2)CC1. The van der Waals surface area contributed by atoms with Gasteiger partial charge in [0, 0.05) is 13.1 Å². The number of likely N-dealkylation sites (tertiary alicyclic amines) is 1. The van der Waals surface area contributed by atoms with Gasteiger partial charge in [-0.3, -0.25) is 4.79 Å². The molecule has 6 heteroatoms. The quantitative estimate of drug-likeness (QED) is 0.811. The molecule has 0 aromatic carbocycles. The van der Waals surface area contributed by atoms with Crippen LogP contribution in [0.15, 0.2) is 12.4 Å². The van der Waals surface area contributed by atoms with Crippen LogP contribution in [0.2, 0.25) is 5.15 Å². The van der Waals surface area contributed by atoms with Crippen LogP contribution in [0.25, 0.3) is 0 Å². The van der Waals surface area contributed by atoms with Gasteiger partial charge < -0.3 is 9.80 Å². The van der Waals surface area contributed by atoms with Gasteiger partial charge in [-0.15, -0.1) is 0 Å². The Morgan fingerprint density at radius 1 is 1.39 bits per heavy atom. The molecule has 1 aliphatic rings. The number of carbonyl (C=O) groups is 1. The Bertz CT molecular complexity index is 415. The molecule has 0 aliphatic carbocycles. The first-order valence-electron chi connectivity index (χ1n) is 6.01. The molecule has 0 N–H and O–H groups in total. The highest BCUT2D eigenvalue weighted by Crippen LogP contribution is 2.16. The molecule has 1 aromatic rings. The van der Waals surface area contributed by atoms with E-state index in [4.69, 9.17) is 11.6 Å². The van der Waals surface area contributed by atoms with Crippen LogP contribution in [0.1, 0.15) is 23.3 Å². The number of carbonyl (C=O) groups excluding carboxylic acids is 1. The minimum Gasteiger partial charge on any atom is -0.337 e. The van der Waals surface area contributed by atoms with Gasteiger partial charge in [-0.1, -0.05) is 11.6 Å². The van der Waals surface area contributed by atoms with Gasteiger partial charge in [0.1, 0.15) is 10.8 Å². The molecule has 2 rings (SSSR count). The van der Waals surface area contributed by atoms with E-state index in [9.17, 15) is 4.79 Å². The normalized spacial score (nSPS) is 17.7. The molecule has 2 heterocycles. The van der Waals surface area contributed by atoms with Gasteiger partial charge in [-0.25, -0.2) is 9.97 Å². The van der Waals surface area contributed by atoms with E-state index in [2.05, 4.69) is 21.9 Å². The van der Waals surface area contributed by atoms with Gasteiger partial charge in [-0.2, -0.15) is 0 Å². The van der Waals surface area contributed by atoms with E-state index in [0.717, 1.165) is 25.9 Å². The van der Waals surface area contributed by atoms with E-state index in [1.54, 1.807) is 4.90 Å². The average Bonchev–Trinajstić information content (AvgIpc) is 2.39. The lowest BCUT2D eigenvalue weighted by Gasteiger charge is -2.34. The number of rotatable bonds is 2. The lowest BCUT2D eigenvalue weighted by Crippen LogP contribution is -2.44. The van der Waals surface area contributed by atoms with Crippen molar-refractivity contribution in [3.8, 4) is 0 Å². The Morgan fingerprint density at radius 3 is 2.61 bits per heavy atom. The third-order valence-electron chi connectivity index (χ3n) is 3.40. The van der Waals surface area contributed by atoms with Crippen LogP contribution >= 0.6 is 11.6 Å². The Kier molecular flexibility index (Phi) is 4.14. The maximum absolute atomic E-state index is 12.2. The summed E-state index contributed by atoms with van der Waals surface area (Å²) in [5.41, 5.74) is 0.348. The van der Waals surface area contributed by atoms with E-state index >= 15 is 0 Å². The number of piperidine rings is 1. The summed E-state index contributed by atoms with van der Waals surface area (Å²) in [6.45, 7) is 2.04. The standard InChI is InChI=1S/C12H17ClN4O/c1-16-5-3-9(4-6-16)17(2)12(18)10-7-15-11(13)8-14-10/h7-9H,3-6H2,1-2H3. The maximum Gasteiger partial charge on any atom is 0.274 e. The fourth-order valence-corrected chi connectivity index (χ4v) is 2.25. The van der Waals surface area contributed by atoms with Gasteiger partial charge in [-0.05, 0) is 33.0 Å². The fraction of sp³-hybridized carbons (Fsp3) is 0.583. The zero-order valence-electron chi connectivity index (χ0n) is 10.6. The number of amides is 1. The molecular weight excluding hydrogens is 252 g/mol. The van der Waals surface area contributed by atoms with Crippen molar-refractivity contribution in [2.24, 2.45) is 0 Å². The highest BCUT2D eigenvalue weighted by atomic mass is 35.5. The van der Waals surface area contributed by atoms with Crippen LogP contribution in [-0.2, 0) is 0 Å². The summed E-state index contributed by atoms with van der Waals surface area (Å²) >= 11 is 5.66. The molecule has 0 spiro atoms. The van der Waals surface area contributed by atoms with Crippen LogP contribution in [0.4, 0.5) is 0 Å². The number of aromatic nitrogens is 2. The van der Waals surface area contributed by atoms with Crippen molar-refractivity contribution < 1.29 is 4.79 Å². The van der Waals surface area contributed by atoms with Crippen molar-refractivity contribution in [3.63, 3.8) is 0 Å². The van der Waals surface area contributed by atoms with Crippen LogP contribution < -0.4 is 0 Å². The van der Waals surface area contributed by atoms with Gasteiger partial charge >= 0.3 is 0 Å².